The fourth-order valence-electron chi connectivity index (χ4n) is 2.55. The molecule has 0 unspecified atom stereocenters. The zero-order valence-corrected chi connectivity index (χ0v) is 14.2. The molecule has 1 heterocycles. The van der Waals surface area contributed by atoms with Crippen LogP contribution < -0.4 is 0 Å². The summed E-state index contributed by atoms with van der Waals surface area (Å²) in [5.74, 6) is -0.252. The lowest BCUT2D eigenvalue weighted by Gasteiger charge is -2.33. The average Bonchev–Trinajstić information content (AvgIpc) is 2.54. The molecule has 0 N–H and O–H groups in total. The van der Waals surface area contributed by atoms with Crippen molar-refractivity contribution >= 4 is 15.8 Å². The van der Waals surface area contributed by atoms with E-state index < -0.39 is 10.0 Å². The molecule has 1 aliphatic rings. The van der Waals surface area contributed by atoms with E-state index in [-0.39, 0.29) is 23.9 Å². The zero-order chi connectivity index (χ0) is 16.9. The second kappa shape index (κ2) is 7.99. The number of hydrogen-bond acceptors (Lipinski definition) is 4. The molecular weight excluding hydrogens is 319 g/mol. The first-order valence-electron chi connectivity index (χ1n) is 7.91. The van der Waals surface area contributed by atoms with Crippen molar-refractivity contribution in [2.45, 2.75) is 19.8 Å². The molecule has 1 aromatic rings. The van der Waals surface area contributed by atoms with Crippen LogP contribution in [0.1, 0.15) is 30.1 Å². The monoisotopic (exact) mass is 342 g/mol. The highest BCUT2D eigenvalue weighted by Gasteiger charge is 2.27. The maximum Gasteiger partial charge on any atom is 0.214 e. The molecule has 0 aliphatic carbocycles. The van der Waals surface area contributed by atoms with Gasteiger partial charge in [-0.2, -0.15) is 4.31 Å². The van der Waals surface area contributed by atoms with Gasteiger partial charge in [0.15, 0.2) is 5.78 Å². The number of ketones is 1. The van der Waals surface area contributed by atoms with E-state index in [1.807, 2.05) is 11.8 Å². The summed E-state index contributed by atoms with van der Waals surface area (Å²) in [6, 6.07) is 5.49. The van der Waals surface area contributed by atoms with E-state index in [1.54, 1.807) is 0 Å². The number of unbranched alkanes of at least 4 members (excludes halogenated alkanes) is 1. The second-order valence-electron chi connectivity index (χ2n) is 5.77. The highest BCUT2D eigenvalue weighted by atomic mass is 32.2. The summed E-state index contributed by atoms with van der Waals surface area (Å²) in [7, 11) is -3.17. The fraction of sp³-hybridized carbons (Fsp3) is 0.562. The minimum Gasteiger partial charge on any atom is -0.293 e. The number of nitrogens with zero attached hydrogens (tertiary/aromatic N) is 2. The van der Waals surface area contributed by atoms with Crippen molar-refractivity contribution in [1.82, 2.24) is 9.21 Å². The first-order valence-corrected chi connectivity index (χ1v) is 9.52. The van der Waals surface area contributed by atoms with Gasteiger partial charge in [0.05, 0.1) is 12.3 Å². The lowest BCUT2D eigenvalue weighted by atomic mass is 10.1. The van der Waals surface area contributed by atoms with Crippen molar-refractivity contribution in [3.8, 4) is 0 Å². The molecule has 1 aliphatic heterocycles. The maximum absolute atomic E-state index is 12.9. The van der Waals surface area contributed by atoms with E-state index in [9.17, 15) is 17.6 Å². The number of rotatable bonds is 7. The van der Waals surface area contributed by atoms with Gasteiger partial charge in [0.2, 0.25) is 10.0 Å². The van der Waals surface area contributed by atoms with E-state index >= 15 is 0 Å². The van der Waals surface area contributed by atoms with Crippen molar-refractivity contribution in [3.05, 3.63) is 35.6 Å². The third kappa shape index (κ3) is 5.09. The molecule has 5 nitrogen and oxygen atoms in total. The van der Waals surface area contributed by atoms with Crippen molar-refractivity contribution < 1.29 is 17.6 Å². The molecule has 0 atom stereocenters. The van der Waals surface area contributed by atoms with Crippen LogP contribution in [0.15, 0.2) is 24.3 Å². The molecule has 1 aromatic carbocycles. The number of halogens is 1. The van der Waals surface area contributed by atoms with Gasteiger partial charge in [-0.05, 0) is 30.7 Å². The van der Waals surface area contributed by atoms with E-state index in [0.717, 1.165) is 6.42 Å². The van der Waals surface area contributed by atoms with Crippen molar-refractivity contribution in [3.63, 3.8) is 0 Å². The van der Waals surface area contributed by atoms with Crippen LogP contribution in [0, 0.1) is 5.82 Å². The third-order valence-corrected chi connectivity index (χ3v) is 5.97. The number of Topliss-reactive ketones (excluding diaryl/α,β-unsaturated/α-hetero) is 1. The van der Waals surface area contributed by atoms with Gasteiger partial charge in [0.1, 0.15) is 5.82 Å². The summed E-state index contributed by atoms with van der Waals surface area (Å²) in [5, 5.41) is 0. The largest absolute Gasteiger partial charge is 0.293 e. The molecule has 0 bridgehead atoms. The standard InChI is InChI=1S/C16H23FN2O3S/c1-2-3-12-23(21,22)19-10-8-18(9-11-19)13-16(20)14-4-6-15(17)7-5-14/h4-7H,2-3,8-13H2,1H3. The number of benzene rings is 1. The predicted molar refractivity (Wildman–Crippen MR) is 87.4 cm³/mol. The Morgan fingerprint density at radius 1 is 1.13 bits per heavy atom. The third-order valence-electron chi connectivity index (χ3n) is 4.01. The molecule has 0 spiro atoms. The summed E-state index contributed by atoms with van der Waals surface area (Å²) in [5.41, 5.74) is 0.476. The highest BCUT2D eigenvalue weighted by molar-refractivity contribution is 7.89. The summed E-state index contributed by atoms with van der Waals surface area (Å²) in [6.07, 6.45) is 1.52. The van der Waals surface area contributed by atoms with Crippen LogP contribution >= 0.6 is 0 Å². The Kier molecular flexibility index (Phi) is 6.26. The van der Waals surface area contributed by atoms with Gasteiger partial charge in [-0.25, -0.2) is 12.8 Å². The van der Waals surface area contributed by atoms with Gasteiger partial charge in [-0.15, -0.1) is 0 Å². The van der Waals surface area contributed by atoms with Crippen LogP contribution in [-0.4, -0.2) is 61.9 Å². The van der Waals surface area contributed by atoms with E-state index in [1.165, 1.54) is 28.6 Å². The minimum atomic E-state index is -3.17. The molecule has 0 amide bonds. The molecule has 0 radical (unpaired) electrons. The van der Waals surface area contributed by atoms with Gasteiger partial charge in [-0.1, -0.05) is 13.3 Å². The normalized spacial score (nSPS) is 17.3. The Bertz CT molecular complexity index is 623. The maximum atomic E-state index is 12.9. The second-order valence-corrected chi connectivity index (χ2v) is 7.86. The number of piperazine rings is 1. The summed E-state index contributed by atoms with van der Waals surface area (Å²) < 4.78 is 38.6. The molecule has 0 aromatic heterocycles. The van der Waals surface area contributed by atoms with Gasteiger partial charge in [-0.3, -0.25) is 9.69 Å². The van der Waals surface area contributed by atoms with Gasteiger partial charge in [0.25, 0.3) is 0 Å². The number of sulfonamides is 1. The molecule has 128 valence electrons. The Hall–Kier alpha value is -1.31. The average molecular weight is 342 g/mol. The minimum absolute atomic E-state index is 0.0766. The Balaban J connectivity index is 1.85. The van der Waals surface area contributed by atoms with Crippen molar-refractivity contribution in [2.24, 2.45) is 0 Å². The van der Waals surface area contributed by atoms with Crippen LogP contribution in [0.3, 0.4) is 0 Å². The quantitative estimate of drug-likeness (QED) is 0.709. The molecule has 23 heavy (non-hydrogen) atoms. The highest BCUT2D eigenvalue weighted by Crippen LogP contribution is 2.11. The first kappa shape index (κ1) is 18.0. The summed E-state index contributed by atoms with van der Waals surface area (Å²) >= 11 is 0. The summed E-state index contributed by atoms with van der Waals surface area (Å²) in [4.78, 5) is 14.1. The Morgan fingerprint density at radius 2 is 1.74 bits per heavy atom. The molecule has 1 fully saturated rings. The predicted octanol–water partition coefficient (Wildman–Crippen LogP) is 1.76. The number of hydrogen-bond donors (Lipinski definition) is 0. The van der Waals surface area contributed by atoms with Crippen LogP contribution in [0.25, 0.3) is 0 Å². The molecule has 7 heteroatoms. The lowest BCUT2D eigenvalue weighted by Crippen LogP contribution is -2.50. The van der Waals surface area contributed by atoms with Gasteiger partial charge in [0, 0.05) is 31.7 Å². The van der Waals surface area contributed by atoms with E-state index in [4.69, 9.17) is 0 Å². The molecule has 1 saturated heterocycles. The van der Waals surface area contributed by atoms with Crippen LogP contribution in [0.2, 0.25) is 0 Å². The molecular formula is C16H23FN2O3S. The SMILES string of the molecule is CCCCS(=O)(=O)N1CCN(CC(=O)c2ccc(F)cc2)CC1. The van der Waals surface area contributed by atoms with E-state index in [0.29, 0.717) is 38.2 Å². The van der Waals surface area contributed by atoms with Gasteiger partial charge < -0.3 is 0 Å². The lowest BCUT2D eigenvalue weighted by molar-refractivity contribution is 0.0901. The molecule has 0 saturated carbocycles. The van der Waals surface area contributed by atoms with Crippen molar-refractivity contribution in [1.29, 1.82) is 0 Å². The van der Waals surface area contributed by atoms with Gasteiger partial charge >= 0.3 is 0 Å². The summed E-state index contributed by atoms with van der Waals surface area (Å²) in [6.45, 7) is 4.12. The first-order chi connectivity index (χ1) is 10.9. The Labute approximate surface area is 137 Å². The Morgan fingerprint density at radius 3 is 2.30 bits per heavy atom. The topological polar surface area (TPSA) is 57.7 Å². The number of carbonyl (C=O) groups excluding carboxylic acids is 1. The van der Waals surface area contributed by atoms with Crippen LogP contribution in [0.5, 0.6) is 0 Å². The van der Waals surface area contributed by atoms with Crippen molar-refractivity contribution in [2.75, 3.05) is 38.5 Å². The molecule has 2 rings (SSSR count). The van der Waals surface area contributed by atoms with E-state index in [2.05, 4.69) is 0 Å². The van der Waals surface area contributed by atoms with Crippen LogP contribution in [-0.2, 0) is 10.0 Å². The fourth-order valence-corrected chi connectivity index (χ4v) is 4.18. The van der Waals surface area contributed by atoms with Crippen LogP contribution in [0.4, 0.5) is 4.39 Å². The number of carbonyl (C=O) groups is 1. The zero-order valence-electron chi connectivity index (χ0n) is 13.4. The smallest absolute Gasteiger partial charge is 0.214 e.